The van der Waals surface area contributed by atoms with Crippen molar-refractivity contribution < 1.29 is 4.79 Å². The largest absolute Gasteiger partial charge is 0.306 e. The Morgan fingerprint density at radius 3 is 2.58 bits per heavy atom. The standard InChI is InChI=1S/C19H15N3OS/c1-11-3-4-14(24-11)9-17-16-10-15(13-5-7-20-8-6-13)12(2)21-18(16)22-19(17)23/h3-10H,1-2H3,(H,21,22,23). The van der Waals surface area contributed by atoms with Crippen molar-refractivity contribution in [3.63, 3.8) is 0 Å². The smallest absolute Gasteiger partial charge is 0.257 e. The van der Waals surface area contributed by atoms with E-state index in [-0.39, 0.29) is 5.91 Å². The highest BCUT2D eigenvalue weighted by molar-refractivity contribution is 7.12. The molecule has 0 unspecified atom stereocenters. The van der Waals surface area contributed by atoms with Crippen LogP contribution in [0.3, 0.4) is 0 Å². The Kier molecular flexibility index (Phi) is 3.50. The van der Waals surface area contributed by atoms with Crippen LogP contribution in [-0.4, -0.2) is 15.9 Å². The molecule has 0 spiro atoms. The molecule has 0 radical (unpaired) electrons. The van der Waals surface area contributed by atoms with Gasteiger partial charge in [-0.15, -0.1) is 11.3 Å². The highest BCUT2D eigenvalue weighted by Crippen LogP contribution is 2.36. The zero-order chi connectivity index (χ0) is 16.7. The molecule has 0 aliphatic carbocycles. The third kappa shape index (κ3) is 2.53. The fourth-order valence-corrected chi connectivity index (χ4v) is 3.66. The number of hydrogen-bond acceptors (Lipinski definition) is 4. The molecule has 3 aromatic heterocycles. The van der Waals surface area contributed by atoms with Crippen LogP contribution in [0.25, 0.3) is 22.8 Å². The molecule has 0 bridgehead atoms. The summed E-state index contributed by atoms with van der Waals surface area (Å²) in [6.45, 7) is 4.01. The summed E-state index contributed by atoms with van der Waals surface area (Å²) in [5.41, 5.74) is 4.45. The van der Waals surface area contributed by atoms with Gasteiger partial charge in [-0.2, -0.15) is 0 Å². The van der Waals surface area contributed by atoms with E-state index in [0.717, 1.165) is 27.3 Å². The lowest BCUT2D eigenvalue weighted by Gasteiger charge is -2.08. The lowest BCUT2D eigenvalue weighted by molar-refractivity contribution is -0.110. The molecular weight excluding hydrogens is 318 g/mol. The average Bonchev–Trinajstić information content (AvgIpc) is 3.11. The monoisotopic (exact) mass is 333 g/mol. The van der Waals surface area contributed by atoms with Crippen molar-refractivity contribution in [2.75, 3.05) is 5.32 Å². The third-order valence-corrected chi connectivity index (χ3v) is 4.97. The second kappa shape index (κ2) is 5.69. The maximum Gasteiger partial charge on any atom is 0.257 e. The van der Waals surface area contributed by atoms with Crippen LogP contribution in [0.2, 0.25) is 0 Å². The zero-order valence-electron chi connectivity index (χ0n) is 13.3. The van der Waals surface area contributed by atoms with Crippen molar-refractivity contribution in [2.24, 2.45) is 0 Å². The minimum absolute atomic E-state index is 0.102. The van der Waals surface area contributed by atoms with Gasteiger partial charge < -0.3 is 5.32 Å². The summed E-state index contributed by atoms with van der Waals surface area (Å²) in [5.74, 6) is 0.532. The molecule has 4 heterocycles. The molecule has 24 heavy (non-hydrogen) atoms. The van der Waals surface area contributed by atoms with Crippen LogP contribution in [0.5, 0.6) is 0 Å². The summed E-state index contributed by atoms with van der Waals surface area (Å²) in [6, 6.07) is 10.0. The van der Waals surface area contributed by atoms with Crippen LogP contribution in [0.1, 0.15) is 21.0 Å². The normalized spacial score (nSPS) is 14.8. The van der Waals surface area contributed by atoms with Gasteiger partial charge in [-0.05, 0) is 55.8 Å². The maximum absolute atomic E-state index is 12.4. The number of fused-ring (bicyclic) bond motifs is 1. The molecule has 0 aromatic carbocycles. The first-order valence-electron chi connectivity index (χ1n) is 7.64. The number of nitrogens with one attached hydrogen (secondary N) is 1. The summed E-state index contributed by atoms with van der Waals surface area (Å²) >= 11 is 1.67. The van der Waals surface area contributed by atoms with Crippen LogP contribution < -0.4 is 5.32 Å². The van der Waals surface area contributed by atoms with Crippen LogP contribution in [0.4, 0.5) is 5.82 Å². The molecule has 0 fully saturated rings. The van der Waals surface area contributed by atoms with Crippen molar-refractivity contribution in [3.05, 3.63) is 63.7 Å². The number of nitrogens with zero attached hydrogens (tertiary/aromatic N) is 2. The number of hydrogen-bond donors (Lipinski definition) is 1. The first kappa shape index (κ1) is 14.8. The van der Waals surface area contributed by atoms with Crippen LogP contribution in [0, 0.1) is 13.8 Å². The van der Waals surface area contributed by atoms with E-state index in [1.807, 2.05) is 37.3 Å². The van der Waals surface area contributed by atoms with E-state index in [2.05, 4.69) is 28.3 Å². The number of carbonyl (C=O) groups excluding carboxylic acids is 1. The van der Waals surface area contributed by atoms with E-state index in [4.69, 9.17) is 0 Å². The van der Waals surface area contributed by atoms with Gasteiger partial charge in [-0.3, -0.25) is 9.78 Å². The lowest BCUT2D eigenvalue weighted by atomic mass is 10.0. The van der Waals surface area contributed by atoms with E-state index in [0.29, 0.717) is 11.4 Å². The number of anilines is 1. The number of aryl methyl sites for hydroxylation is 2. The number of amides is 1. The van der Waals surface area contributed by atoms with E-state index >= 15 is 0 Å². The van der Waals surface area contributed by atoms with Crippen molar-refractivity contribution in [1.82, 2.24) is 9.97 Å². The predicted octanol–water partition coefficient (Wildman–Crippen LogP) is 4.31. The molecule has 118 valence electrons. The van der Waals surface area contributed by atoms with Gasteiger partial charge in [-0.1, -0.05) is 0 Å². The fraction of sp³-hybridized carbons (Fsp3) is 0.105. The highest BCUT2D eigenvalue weighted by atomic mass is 32.1. The number of pyridine rings is 2. The second-order valence-electron chi connectivity index (χ2n) is 5.71. The molecule has 0 saturated carbocycles. The lowest BCUT2D eigenvalue weighted by Crippen LogP contribution is -2.04. The zero-order valence-corrected chi connectivity index (χ0v) is 14.1. The Morgan fingerprint density at radius 2 is 1.88 bits per heavy atom. The predicted molar refractivity (Wildman–Crippen MR) is 97.8 cm³/mol. The molecule has 3 aromatic rings. The molecule has 0 saturated heterocycles. The maximum atomic E-state index is 12.4. The highest BCUT2D eigenvalue weighted by Gasteiger charge is 2.27. The Hall–Kier alpha value is -2.79. The van der Waals surface area contributed by atoms with Crippen molar-refractivity contribution in [1.29, 1.82) is 0 Å². The van der Waals surface area contributed by atoms with Crippen LogP contribution >= 0.6 is 11.3 Å². The molecule has 4 nitrogen and oxygen atoms in total. The number of rotatable bonds is 2. The number of carbonyl (C=O) groups is 1. The fourth-order valence-electron chi connectivity index (χ4n) is 2.84. The molecule has 0 atom stereocenters. The molecule has 1 aliphatic rings. The molecule has 1 amide bonds. The van der Waals surface area contributed by atoms with Gasteiger partial charge in [0.05, 0.1) is 5.57 Å². The summed E-state index contributed by atoms with van der Waals surface area (Å²) in [6.07, 6.45) is 5.46. The van der Waals surface area contributed by atoms with E-state index in [1.54, 1.807) is 23.7 Å². The molecule has 1 aliphatic heterocycles. The van der Waals surface area contributed by atoms with Gasteiger partial charge in [0.25, 0.3) is 5.91 Å². The minimum Gasteiger partial charge on any atom is -0.306 e. The molecular formula is C19H15N3OS. The van der Waals surface area contributed by atoms with E-state index in [9.17, 15) is 4.79 Å². The van der Waals surface area contributed by atoms with Gasteiger partial charge in [0.1, 0.15) is 5.82 Å². The Labute approximate surface area is 143 Å². The molecule has 1 N–H and O–H groups in total. The van der Waals surface area contributed by atoms with Crippen LogP contribution in [0.15, 0.2) is 42.7 Å². The van der Waals surface area contributed by atoms with Crippen molar-refractivity contribution in [3.8, 4) is 11.1 Å². The summed E-state index contributed by atoms with van der Waals surface area (Å²) in [5, 5.41) is 2.87. The topological polar surface area (TPSA) is 54.9 Å². The van der Waals surface area contributed by atoms with Crippen LogP contribution in [-0.2, 0) is 4.79 Å². The Balaban J connectivity index is 1.86. The summed E-state index contributed by atoms with van der Waals surface area (Å²) < 4.78 is 0. The third-order valence-electron chi connectivity index (χ3n) is 4.02. The Bertz CT molecular complexity index is 974. The minimum atomic E-state index is -0.102. The Morgan fingerprint density at radius 1 is 1.08 bits per heavy atom. The van der Waals surface area contributed by atoms with Gasteiger partial charge in [0.15, 0.2) is 0 Å². The van der Waals surface area contributed by atoms with Crippen molar-refractivity contribution >= 4 is 34.7 Å². The first-order chi connectivity index (χ1) is 11.6. The molecule has 5 heteroatoms. The van der Waals surface area contributed by atoms with Gasteiger partial charge in [0.2, 0.25) is 0 Å². The molecule has 4 rings (SSSR count). The average molecular weight is 333 g/mol. The second-order valence-corrected chi connectivity index (χ2v) is 7.03. The quantitative estimate of drug-likeness (QED) is 0.711. The van der Waals surface area contributed by atoms with E-state index in [1.165, 1.54) is 4.88 Å². The summed E-state index contributed by atoms with van der Waals surface area (Å²) in [4.78, 5) is 23.3. The number of aromatic nitrogens is 2. The van der Waals surface area contributed by atoms with Gasteiger partial charge in [0, 0.05) is 39.0 Å². The van der Waals surface area contributed by atoms with E-state index < -0.39 is 0 Å². The summed E-state index contributed by atoms with van der Waals surface area (Å²) in [7, 11) is 0. The van der Waals surface area contributed by atoms with Gasteiger partial charge >= 0.3 is 0 Å². The van der Waals surface area contributed by atoms with Crippen molar-refractivity contribution in [2.45, 2.75) is 13.8 Å². The first-order valence-corrected chi connectivity index (χ1v) is 8.45. The SMILES string of the molecule is Cc1ccc(C=C2C(=O)Nc3nc(C)c(-c4ccncc4)cc32)s1. The van der Waals surface area contributed by atoms with Gasteiger partial charge in [-0.25, -0.2) is 4.98 Å². The number of thiophene rings is 1.